The number of hydrogen-bond donors (Lipinski definition) is 2. The van der Waals surface area contributed by atoms with Gasteiger partial charge in [-0.1, -0.05) is 17.7 Å². The Hall–Kier alpha value is -3.72. The summed E-state index contributed by atoms with van der Waals surface area (Å²) in [7, 11) is 0. The van der Waals surface area contributed by atoms with Crippen LogP contribution < -0.4 is 15.5 Å². The van der Waals surface area contributed by atoms with Gasteiger partial charge in [-0.2, -0.15) is 5.10 Å². The molecule has 0 aliphatic rings. The van der Waals surface area contributed by atoms with Gasteiger partial charge in [0.2, 0.25) is 0 Å². The van der Waals surface area contributed by atoms with Gasteiger partial charge in [-0.25, -0.2) is 0 Å². The number of nitro groups is 1. The minimum atomic E-state index is -0.458. The number of ether oxygens (including phenoxy) is 1. The summed E-state index contributed by atoms with van der Waals surface area (Å²) in [5, 5.41) is 17.6. The minimum absolute atomic E-state index is 0.0154. The highest BCUT2D eigenvalue weighted by atomic mass is 79.9. The molecule has 3 rings (SSSR count). The van der Waals surface area contributed by atoms with E-state index in [9.17, 15) is 14.9 Å². The van der Waals surface area contributed by atoms with E-state index in [0.29, 0.717) is 21.6 Å². The van der Waals surface area contributed by atoms with Gasteiger partial charge in [0, 0.05) is 17.8 Å². The first-order chi connectivity index (χ1) is 14.9. The highest BCUT2D eigenvalue weighted by molar-refractivity contribution is 9.10. The summed E-state index contributed by atoms with van der Waals surface area (Å²) in [5.74, 6) is 0.272. The Balaban J connectivity index is 1.51. The average Bonchev–Trinajstić information content (AvgIpc) is 2.75. The van der Waals surface area contributed by atoms with Crippen LogP contribution in [0.25, 0.3) is 0 Å². The van der Waals surface area contributed by atoms with Crippen LogP contribution in [0.15, 0.2) is 76.3 Å². The molecule has 158 valence electrons. The molecule has 31 heavy (non-hydrogen) atoms. The van der Waals surface area contributed by atoms with Crippen LogP contribution in [0.2, 0.25) is 0 Å². The van der Waals surface area contributed by atoms with Crippen molar-refractivity contribution in [2.45, 2.75) is 6.92 Å². The minimum Gasteiger partial charge on any atom is -0.483 e. The molecule has 0 aromatic heterocycles. The van der Waals surface area contributed by atoms with Crippen LogP contribution in [0.5, 0.6) is 5.75 Å². The van der Waals surface area contributed by atoms with Crippen LogP contribution in [0, 0.1) is 17.0 Å². The lowest BCUT2D eigenvalue weighted by Gasteiger charge is -2.09. The summed E-state index contributed by atoms with van der Waals surface area (Å²) in [5.41, 5.74) is 6.07. The number of amides is 1. The Morgan fingerprint density at radius 2 is 1.77 bits per heavy atom. The number of nitrogens with zero attached hydrogens (tertiary/aromatic N) is 2. The van der Waals surface area contributed by atoms with E-state index in [4.69, 9.17) is 4.74 Å². The second-order valence-electron chi connectivity index (χ2n) is 6.57. The molecule has 0 bridgehead atoms. The Morgan fingerprint density at radius 3 is 2.42 bits per heavy atom. The maximum absolute atomic E-state index is 12.1. The van der Waals surface area contributed by atoms with Gasteiger partial charge < -0.3 is 10.1 Å². The normalized spacial score (nSPS) is 10.6. The fourth-order valence-corrected chi connectivity index (χ4v) is 3.04. The first kappa shape index (κ1) is 22.0. The number of benzene rings is 3. The summed E-state index contributed by atoms with van der Waals surface area (Å²) in [6, 6.07) is 18.8. The molecule has 0 spiro atoms. The van der Waals surface area contributed by atoms with Crippen molar-refractivity contribution in [2.75, 3.05) is 17.3 Å². The lowest BCUT2D eigenvalue weighted by molar-refractivity contribution is -0.384. The standard InChI is InChI=1S/C22H19BrN4O4/c1-15-2-5-17(6-3-15)25-22(28)14-31-21-11-4-16(12-20(21)23)13-24-26-18-7-9-19(10-8-18)27(29)30/h2-13,26H,14H2,1H3,(H,25,28)/b24-13+. The van der Waals surface area contributed by atoms with Gasteiger partial charge in [-0.05, 0) is 70.9 Å². The van der Waals surface area contributed by atoms with Crippen molar-refractivity contribution in [2.24, 2.45) is 5.10 Å². The molecule has 0 aliphatic heterocycles. The molecule has 0 radical (unpaired) electrons. The van der Waals surface area contributed by atoms with Crippen molar-refractivity contribution in [1.82, 2.24) is 0 Å². The second-order valence-corrected chi connectivity index (χ2v) is 7.42. The maximum atomic E-state index is 12.1. The predicted octanol–water partition coefficient (Wildman–Crippen LogP) is 5.13. The SMILES string of the molecule is Cc1ccc(NC(=O)COc2ccc(/C=N/Nc3ccc([N+](=O)[O-])cc3)cc2Br)cc1. The molecule has 1 amide bonds. The van der Waals surface area contributed by atoms with Gasteiger partial charge >= 0.3 is 0 Å². The van der Waals surface area contributed by atoms with Crippen molar-refractivity contribution in [1.29, 1.82) is 0 Å². The number of hydrazone groups is 1. The van der Waals surface area contributed by atoms with Gasteiger partial charge in [-0.3, -0.25) is 20.3 Å². The topological polar surface area (TPSA) is 106 Å². The molecule has 0 saturated carbocycles. The van der Waals surface area contributed by atoms with Crippen LogP contribution in [0.4, 0.5) is 17.1 Å². The van der Waals surface area contributed by atoms with Crippen LogP contribution >= 0.6 is 15.9 Å². The molecule has 0 aliphatic carbocycles. The molecule has 9 heteroatoms. The zero-order chi connectivity index (χ0) is 22.2. The molecule has 0 heterocycles. The van der Waals surface area contributed by atoms with Crippen LogP contribution in [-0.4, -0.2) is 23.7 Å². The molecular weight excluding hydrogens is 464 g/mol. The molecule has 0 atom stereocenters. The number of nitrogens with one attached hydrogen (secondary N) is 2. The third-order valence-electron chi connectivity index (χ3n) is 4.14. The number of nitro benzene ring substituents is 1. The first-order valence-electron chi connectivity index (χ1n) is 9.23. The Labute approximate surface area is 187 Å². The van der Waals surface area contributed by atoms with E-state index in [2.05, 4.69) is 31.8 Å². The van der Waals surface area contributed by atoms with Crippen molar-refractivity contribution in [3.8, 4) is 5.75 Å². The molecule has 2 N–H and O–H groups in total. The maximum Gasteiger partial charge on any atom is 0.269 e. The summed E-state index contributed by atoms with van der Waals surface area (Å²) >= 11 is 3.43. The van der Waals surface area contributed by atoms with Crippen molar-refractivity contribution >= 4 is 45.1 Å². The van der Waals surface area contributed by atoms with Gasteiger partial charge in [-0.15, -0.1) is 0 Å². The highest BCUT2D eigenvalue weighted by Gasteiger charge is 2.07. The lowest BCUT2D eigenvalue weighted by Crippen LogP contribution is -2.20. The number of anilines is 2. The number of hydrogen-bond acceptors (Lipinski definition) is 6. The molecule has 0 unspecified atom stereocenters. The van der Waals surface area contributed by atoms with E-state index in [1.807, 2.05) is 31.2 Å². The third-order valence-corrected chi connectivity index (χ3v) is 4.76. The smallest absolute Gasteiger partial charge is 0.269 e. The van der Waals surface area contributed by atoms with Crippen molar-refractivity contribution in [3.05, 3.63) is 92.4 Å². The molecule has 3 aromatic carbocycles. The Bertz CT molecular complexity index is 1100. The molecular formula is C22H19BrN4O4. The number of carbonyl (C=O) groups is 1. The highest BCUT2D eigenvalue weighted by Crippen LogP contribution is 2.25. The van der Waals surface area contributed by atoms with E-state index < -0.39 is 4.92 Å². The van der Waals surface area contributed by atoms with Gasteiger partial charge in [0.25, 0.3) is 11.6 Å². The number of halogens is 1. The van der Waals surface area contributed by atoms with Gasteiger partial charge in [0.15, 0.2) is 6.61 Å². The third kappa shape index (κ3) is 6.65. The fourth-order valence-electron chi connectivity index (χ4n) is 2.53. The Kier molecular flexibility index (Phi) is 7.34. The quantitative estimate of drug-likeness (QED) is 0.263. The Morgan fingerprint density at radius 1 is 1.10 bits per heavy atom. The van der Waals surface area contributed by atoms with Crippen LogP contribution in [-0.2, 0) is 4.79 Å². The van der Waals surface area contributed by atoms with Crippen LogP contribution in [0.1, 0.15) is 11.1 Å². The lowest BCUT2D eigenvalue weighted by atomic mass is 10.2. The van der Waals surface area contributed by atoms with E-state index in [-0.39, 0.29) is 18.2 Å². The monoisotopic (exact) mass is 482 g/mol. The number of rotatable bonds is 8. The summed E-state index contributed by atoms with van der Waals surface area (Å²) in [6.07, 6.45) is 1.60. The summed E-state index contributed by atoms with van der Waals surface area (Å²) < 4.78 is 6.26. The van der Waals surface area contributed by atoms with Gasteiger partial charge in [0.05, 0.1) is 21.3 Å². The largest absolute Gasteiger partial charge is 0.483 e. The second kappa shape index (κ2) is 10.4. The van der Waals surface area contributed by atoms with E-state index >= 15 is 0 Å². The first-order valence-corrected chi connectivity index (χ1v) is 10.0. The summed E-state index contributed by atoms with van der Waals surface area (Å²) in [6.45, 7) is 1.86. The average molecular weight is 483 g/mol. The zero-order valence-electron chi connectivity index (χ0n) is 16.5. The molecule has 8 nitrogen and oxygen atoms in total. The zero-order valence-corrected chi connectivity index (χ0v) is 18.1. The van der Waals surface area contributed by atoms with E-state index in [1.165, 1.54) is 12.1 Å². The molecule has 0 fully saturated rings. The fraction of sp³-hybridized carbons (Fsp3) is 0.0909. The predicted molar refractivity (Wildman–Crippen MR) is 124 cm³/mol. The van der Waals surface area contributed by atoms with Crippen molar-refractivity contribution in [3.63, 3.8) is 0 Å². The molecule has 3 aromatic rings. The van der Waals surface area contributed by atoms with Gasteiger partial charge in [0.1, 0.15) is 5.75 Å². The summed E-state index contributed by atoms with van der Waals surface area (Å²) in [4.78, 5) is 22.3. The van der Waals surface area contributed by atoms with E-state index in [1.54, 1.807) is 36.5 Å². The van der Waals surface area contributed by atoms with E-state index in [0.717, 1.165) is 11.1 Å². The number of non-ortho nitro benzene ring substituents is 1. The van der Waals surface area contributed by atoms with Crippen molar-refractivity contribution < 1.29 is 14.5 Å². The molecule has 0 saturated heterocycles. The van der Waals surface area contributed by atoms with Crippen LogP contribution in [0.3, 0.4) is 0 Å². The number of aryl methyl sites for hydroxylation is 1. The number of carbonyl (C=O) groups excluding carboxylic acids is 1.